The van der Waals surface area contributed by atoms with Crippen LogP contribution in [0.2, 0.25) is 5.02 Å². The number of pyridine rings is 1. The fourth-order valence-corrected chi connectivity index (χ4v) is 3.34. The van der Waals surface area contributed by atoms with Crippen molar-refractivity contribution in [3.05, 3.63) is 89.5 Å². The second-order valence-corrected chi connectivity index (χ2v) is 6.76. The van der Waals surface area contributed by atoms with Crippen LogP contribution in [0.4, 0.5) is 0 Å². The molecule has 0 saturated carbocycles. The molecule has 1 unspecified atom stereocenters. The summed E-state index contributed by atoms with van der Waals surface area (Å²) in [5, 5.41) is 14.7. The van der Waals surface area contributed by atoms with Crippen molar-refractivity contribution in [1.29, 1.82) is 0 Å². The van der Waals surface area contributed by atoms with Crippen LogP contribution in [0.1, 0.15) is 17.2 Å². The van der Waals surface area contributed by atoms with Crippen molar-refractivity contribution < 1.29 is 19.1 Å². The third-order valence-corrected chi connectivity index (χ3v) is 4.76. The lowest BCUT2D eigenvalue weighted by Crippen LogP contribution is -2.33. The minimum atomic E-state index is -0.690. The normalized spacial score (nSPS) is 11.9. The van der Waals surface area contributed by atoms with Crippen molar-refractivity contribution in [3.8, 4) is 11.5 Å². The van der Waals surface area contributed by atoms with Crippen LogP contribution in [-0.2, 0) is 4.79 Å². The smallest absolute Gasteiger partial charge is 0.258 e. The van der Waals surface area contributed by atoms with E-state index in [1.165, 1.54) is 12.5 Å². The standard InChI is InChI=1S/C22H17ClN2O4/c23-18-11-17(22(27)21-16(18)7-4-9-24-21)20(14-8-10-28-12-14)25-19(26)13-29-15-5-2-1-3-6-15/h1-12,20,27H,13H2,(H,25,26). The summed E-state index contributed by atoms with van der Waals surface area (Å²) < 4.78 is 10.7. The lowest BCUT2D eigenvalue weighted by atomic mass is 9.98. The monoisotopic (exact) mass is 408 g/mol. The van der Waals surface area contributed by atoms with Crippen LogP contribution in [0.15, 0.2) is 77.7 Å². The first-order valence-electron chi connectivity index (χ1n) is 8.89. The molecule has 0 aliphatic rings. The Morgan fingerprint density at radius 3 is 2.79 bits per heavy atom. The average molecular weight is 409 g/mol. The highest BCUT2D eigenvalue weighted by atomic mass is 35.5. The van der Waals surface area contributed by atoms with Crippen LogP contribution in [-0.4, -0.2) is 22.6 Å². The number of ether oxygens (including phenoxy) is 1. The summed E-state index contributed by atoms with van der Waals surface area (Å²) in [5.74, 6) is 0.167. The lowest BCUT2D eigenvalue weighted by molar-refractivity contribution is -0.123. The molecular weight excluding hydrogens is 392 g/mol. The van der Waals surface area contributed by atoms with E-state index in [0.29, 0.717) is 32.8 Å². The molecule has 4 rings (SSSR count). The summed E-state index contributed by atoms with van der Waals surface area (Å²) in [6.45, 7) is -0.182. The van der Waals surface area contributed by atoms with Crippen LogP contribution in [0.25, 0.3) is 10.9 Å². The molecule has 0 radical (unpaired) electrons. The maximum Gasteiger partial charge on any atom is 0.258 e. The van der Waals surface area contributed by atoms with E-state index < -0.39 is 6.04 Å². The van der Waals surface area contributed by atoms with Gasteiger partial charge in [-0.1, -0.05) is 29.8 Å². The largest absolute Gasteiger partial charge is 0.505 e. The zero-order valence-electron chi connectivity index (χ0n) is 15.2. The minimum absolute atomic E-state index is 0.0551. The number of hydrogen-bond donors (Lipinski definition) is 2. The van der Waals surface area contributed by atoms with Gasteiger partial charge in [0.15, 0.2) is 6.61 Å². The molecule has 0 aliphatic carbocycles. The average Bonchev–Trinajstić information content (AvgIpc) is 3.29. The predicted octanol–water partition coefficient (Wildman–Crippen LogP) is 4.47. The summed E-state index contributed by atoms with van der Waals surface area (Å²) in [7, 11) is 0. The maximum atomic E-state index is 12.6. The number of phenolic OH excluding ortho intramolecular Hbond substituents is 1. The van der Waals surface area contributed by atoms with Gasteiger partial charge in [-0.25, -0.2) is 0 Å². The number of nitrogens with one attached hydrogen (secondary N) is 1. The van der Waals surface area contributed by atoms with Gasteiger partial charge in [-0.05, 0) is 36.4 Å². The van der Waals surface area contributed by atoms with E-state index in [9.17, 15) is 9.90 Å². The molecule has 2 N–H and O–H groups in total. The van der Waals surface area contributed by atoms with E-state index in [1.807, 2.05) is 18.2 Å². The van der Waals surface area contributed by atoms with Gasteiger partial charge >= 0.3 is 0 Å². The quantitative estimate of drug-likeness (QED) is 0.491. The molecule has 7 heteroatoms. The molecule has 146 valence electrons. The van der Waals surface area contributed by atoms with Gasteiger partial charge in [0.1, 0.15) is 17.0 Å². The summed E-state index contributed by atoms with van der Waals surface area (Å²) in [6.07, 6.45) is 4.56. The zero-order valence-corrected chi connectivity index (χ0v) is 16.0. The molecular formula is C22H17ClN2O4. The Kier molecular flexibility index (Phi) is 5.35. The summed E-state index contributed by atoms with van der Waals surface area (Å²) >= 11 is 6.41. The third-order valence-electron chi connectivity index (χ3n) is 4.45. The zero-order chi connectivity index (χ0) is 20.2. The fraction of sp³-hybridized carbons (Fsp3) is 0.0909. The van der Waals surface area contributed by atoms with E-state index in [-0.39, 0.29) is 18.3 Å². The number of aromatic nitrogens is 1. The van der Waals surface area contributed by atoms with Crippen LogP contribution >= 0.6 is 11.6 Å². The van der Waals surface area contributed by atoms with Crippen LogP contribution in [0.3, 0.4) is 0 Å². The number of fused-ring (bicyclic) bond motifs is 1. The Morgan fingerprint density at radius 1 is 1.21 bits per heavy atom. The number of para-hydroxylation sites is 1. The van der Waals surface area contributed by atoms with E-state index in [2.05, 4.69) is 10.3 Å². The van der Waals surface area contributed by atoms with Gasteiger partial charge in [0, 0.05) is 22.7 Å². The highest BCUT2D eigenvalue weighted by Crippen LogP contribution is 2.38. The molecule has 29 heavy (non-hydrogen) atoms. The van der Waals surface area contributed by atoms with Crippen LogP contribution in [0, 0.1) is 0 Å². The first kappa shape index (κ1) is 18.8. The van der Waals surface area contributed by atoms with E-state index in [0.717, 1.165) is 0 Å². The minimum Gasteiger partial charge on any atom is -0.505 e. The number of aromatic hydroxyl groups is 1. The maximum absolute atomic E-state index is 12.6. The van der Waals surface area contributed by atoms with Gasteiger partial charge in [0.25, 0.3) is 5.91 Å². The van der Waals surface area contributed by atoms with Gasteiger partial charge in [-0.3, -0.25) is 9.78 Å². The van der Waals surface area contributed by atoms with E-state index in [1.54, 1.807) is 42.6 Å². The molecule has 2 aromatic carbocycles. The first-order valence-corrected chi connectivity index (χ1v) is 9.26. The van der Waals surface area contributed by atoms with Gasteiger partial charge in [-0.2, -0.15) is 0 Å². The first-order chi connectivity index (χ1) is 14.1. The molecule has 0 spiro atoms. The second-order valence-electron chi connectivity index (χ2n) is 6.35. The van der Waals surface area contributed by atoms with Gasteiger partial charge in [0.05, 0.1) is 23.6 Å². The van der Waals surface area contributed by atoms with Gasteiger partial charge < -0.3 is 19.6 Å². The molecule has 0 aliphatic heterocycles. The Labute approximate surface area is 171 Å². The molecule has 6 nitrogen and oxygen atoms in total. The van der Waals surface area contributed by atoms with Crippen molar-refractivity contribution in [3.63, 3.8) is 0 Å². The number of rotatable bonds is 6. The van der Waals surface area contributed by atoms with Crippen LogP contribution in [0.5, 0.6) is 11.5 Å². The van der Waals surface area contributed by atoms with Crippen LogP contribution < -0.4 is 10.1 Å². The van der Waals surface area contributed by atoms with Crippen molar-refractivity contribution in [1.82, 2.24) is 10.3 Å². The van der Waals surface area contributed by atoms with E-state index >= 15 is 0 Å². The number of amides is 1. The highest BCUT2D eigenvalue weighted by molar-refractivity contribution is 6.35. The van der Waals surface area contributed by atoms with Crippen molar-refractivity contribution >= 4 is 28.4 Å². The highest BCUT2D eigenvalue weighted by Gasteiger charge is 2.24. The second kappa shape index (κ2) is 8.24. The molecule has 0 saturated heterocycles. The molecule has 0 bridgehead atoms. The SMILES string of the molecule is O=C(COc1ccccc1)NC(c1ccoc1)c1cc(Cl)c2cccnc2c1O. The molecule has 0 fully saturated rings. The summed E-state index contributed by atoms with van der Waals surface area (Å²) in [4.78, 5) is 16.8. The summed E-state index contributed by atoms with van der Waals surface area (Å²) in [6, 6.07) is 15.2. The number of nitrogens with zero attached hydrogens (tertiary/aromatic N) is 1. The Hall–Kier alpha value is -3.51. The number of furan rings is 1. The molecule has 2 aromatic heterocycles. The van der Waals surface area contributed by atoms with Crippen molar-refractivity contribution in [2.75, 3.05) is 6.61 Å². The number of benzene rings is 2. The Bertz CT molecular complexity index is 1130. The van der Waals surface area contributed by atoms with Crippen molar-refractivity contribution in [2.45, 2.75) is 6.04 Å². The third kappa shape index (κ3) is 4.02. The predicted molar refractivity (Wildman–Crippen MR) is 109 cm³/mol. The number of carbonyl (C=O) groups is 1. The summed E-state index contributed by atoms with van der Waals surface area (Å²) in [5.41, 5.74) is 1.42. The lowest BCUT2D eigenvalue weighted by Gasteiger charge is -2.20. The molecule has 1 amide bonds. The van der Waals surface area contributed by atoms with Gasteiger partial charge in [-0.15, -0.1) is 0 Å². The Morgan fingerprint density at radius 2 is 2.03 bits per heavy atom. The van der Waals surface area contributed by atoms with Gasteiger partial charge in [0.2, 0.25) is 0 Å². The topological polar surface area (TPSA) is 84.6 Å². The molecule has 2 heterocycles. The number of hydrogen-bond acceptors (Lipinski definition) is 5. The molecule has 4 aromatic rings. The number of halogens is 1. The fourth-order valence-electron chi connectivity index (χ4n) is 3.07. The van der Waals surface area contributed by atoms with E-state index in [4.69, 9.17) is 20.8 Å². The molecule has 1 atom stereocenters. The Balaban J connectivity index is 1.64. The van der Waals surface area contributed by atoms with Crippen molar-refractivity contribution in [2.24, 2.45) is 0 Å². The number of carbonyl (C=O) groups excluding carboxylic acids is 1. The number of phenols is 1.